The molecular formula is C14H28O7S3. The highest BCUT2D eigenvalue weighted by atomic mass is 32.2. The van der Waals surface area contributed by atoms with Gasteiger partial charge in [0.15, 0.2) is 12.6 Å². The zero-order valence-electron chi connectivity index (χ0n) is 13.9. The number of rotatable bonds is 1. The van der Waals surface area contributed by atoms with Gasteiger partial charge in [0.2, 0.25) is 0 Å². The van der Waals surface area contributed by atoms with Crippen LogP contribution in [-0.2, 0) is 14.2 Å². The Kier molecular flexibility index (Phi) is 12.4. The zero-order chi connectivity index (χ0) is 17.9. The van der Waals surface area contributed by atoms with Crippen LogP contribution in [0.2, 0.25) is 0 Å². The third kappa shape index (κ3) is 10.7. The largest absolute Gasteiger partial charge is 0.382 e. The molecule has 0 aliphatic carbocycles. The van der Waals surface area contributed by atoms with Crippen molar-refractivity contribution in [2.45, 2.75) is 55.3 Å². The quantitative estimate of drug-likeness (QED) is 0.497. The maximum Gasteiger partial charge on any atom is 0.178 e. The molecule has 0 radical (unpaired) electrons. The third-order valence-electron chi connectivity index (χ3n) is 2.96. The minimum Gasteiger partial charge on any atom is -0.382 e. The van der Waals surface area contributed by atoms with E-state index in [0.717, 1.165) is 6.42 Å². The summed E-state index contributed by atoms with van der Waals surface area (Å²) in [7, 11) is 0. The van der Waals surface area contributed by atoms with Gasteiger partial charge in [-0.25, -0.2) is 0 Å². The van der Waals surface area contributed by atoms with Crippen LogP contribution >= 0.6 is 35.3 Å². The molecule has 3 fully saturated rings. The van der Waals surface area contributed by atoms with Crippen molar-refractivity contribution in [3.8, 4) is 0 Å². The average molecular weight is 405 g/mol. The van der Waals surface area contributed by atoms with Crippen LogP contribution in [0.3, 0.4) is 0 Å². The van der Waals surface area contributed by atoms with Crippen LogP contribution in [0.5, 0.6) is 0 Å². The predicted molar refractivity (Wildman–Crippen MR) is 97.9 cm³/mol. The molecule has 0 aromatic carbocycles. The number of aliphatic hydroxyl groups is 4. The second kappa shape index (κ2) is 13.0. The molecule has 0 saturated carbocycles. The molecule has 0 aromatic rings. The first-order chi connectivity index (χ1) is 11.4. The monoisotopic (exact) mass is 404 g/mol. The first-order valence-corrected chi connectivity index (χ1v) is 11.0. The van der Waals surface area contributed by atoms with E-state index in [1.807, 2.05) is 11.8 Å². The Balaban J connectivity index is 0.000000180. The Bertz CT molecular complexity index is 271. The van der Waals surface area contributed by atoms with Crippen LogP contribution in [0.1, 0.15) is 20.3 Å². The van der Waals surface area contributed by atoms with E-state index in [4.69, 9.17) is 25.2 Å². The second-order valence-corrected chi connectivity index (χ2v) is 8.88. The maximum absolute atomic E-state index is 8.86. The average Bonchev–Trinajstić information content (AvgIpc) is 3.00. The predicted octanol–water partition coefficient (Wildman–Crippen LogP) is 0.648. The van der Waals surface area contributed by atoms with Crippen molar-refractivity contribution < 1.29 is 34.6 Å². The molecule has 3 aliphatic rings. The van der Waals surface area contributed by atoms with E-state index in [1.165, 1.54) is 29.3 Å². The molecule has 3 heterocycles. The van der Waals surface area contributed by atoms with E-state index < -0.39 is 12.6 Å². The van der Waals surface area contributed by atoms with Crippen molar-refractivity contribution in [3.63, 3.8) is 0 Å². The molecule has 24 heavy (non-hydrogen) atoms. The molecule has 3 aliphatic heterocycles. The highest BCUT2D eigenvalue weighted by molar-refractivity contribution is 8.06. The number of aliphatic hydroxyl groups excluding tert-OH is 4. The molecule has 144 valence electrons. The molecule has 0 bridgehead atoms. The highest BCUT2D eigenvalue weighted by Crippen LogP contribution is 2.26. The fraction of sp³-hybridized carbons (Fsp3) is 1.00. The first kappa shape index (κ1) is 22.8. The van der Waals surface area contributed by atoms with Crippen LogP contribution in [-0.4, -0.2) is 85.9 Å². The topological polar surface area (TPSA) is 109 Å². The molecule has 0 spiro atoms. The van der Waals surface area contributed by atoms with E-state index in [0.29, 0.717) is 23.0 Å². The van der Waals surface area contributed by atoms with Crippen molar-refractivity contribution in [1.82, 2.24) is 0 Å². The molecule has 0 amide bonds. The van der Waals surface area contributed by atoms with Gasteiger partial charge in [-0.2, -0.15) is 0 Å². The number of hydrogen-bond acceptors (Lipinski definition) is 10. The van der Waals surface area contributed by atoms with Crippen molar-refractivity contribution in [1.29, 1.82) is 0 Å². The Labute approximate surface area is 155 Å². The van der Waals surface area contributed by atoms with Gasteiger partial charge in [-0.05, 0) is 13.3 Å². The molecule has 6 unspecified atom stereocenters. The summed E-state index contributed by atoms with van der Waals surface area (Å²) in [6, 6.07) is 0. The second-order valence-electron chi connectivity index (χ2n) is 5.27. The van der Waals surface area contributed by atoms with E-state index in [2.05, 4.69) is 23.3 Å². The van der Waals surface area contributed by atoms with Gasteiger partial charge in [0.25, 0.3) is 0 Å². The molecule has 7 nitrogen and oxygen atoms in total. The lowest BCUT2D eigenvalue weighted by Crippen LogP contribution is -2.34. The molecule has 3 saturated heterocycles. The van der Waals surface area contributed by atoms with Crippen molar-refractivity contribution >= 4 is 35.3 Å². The summed E-state index contributed by atoms with van der Waals surface area (Å²) < 4.78 is 14.6. The minimum atomic E-state index is -0.863. The lowest BCUT2D eigenvalue weighted by molar-refractivity contribution is -0.263. The Hall–Kier alpha value is 0.770. The van der Waals surface area contributed by atoms with Gasteiger partial charge in [-0.3, -0.25) is 0 Å². The highest BCUT2D eigenvalue weighted by Gasteiger charge is 2.20. The molecule has 6 atom stereocenters. The van der Waals surface area contributed by atoms with Crippen LogP contribution in [0.15, 0.2) is 0 Å². The van der Waals surface area contributed by atoms with Crippen LogP contribution in [0, 0.1) is 0 Å². The first-order valence-electron chi connectivity index (χ1n) is 7.86. The zero-order valence-corrected chi connectivity index (χ0v) is 16.4. The minimum absolute atomic E-state index is 0.0567. The fourth-order valence-electron chi connectivity index (χ4n) is 1.76. The summed E-state index contributed by atoms with van der Waals surface area (Å²) in [6.07, 6.45) is -0.0867. The molecular weight excluding hydrogens is 376 g/mol. The Morgan fingerprint density at radius 1 is 0.833 bits per heavy atom. The van der Waals surface area contributed by atoms with E-state index in [1.54, 1.807) is 0 Å². The van der Waals surface area contributed by atoms with Gasteiger partial charge in [0.05, 0.1) is 6.10 Å². The summed E-state index contributed by atoms with van der Waals surface area (Å²) in [5, 5.41) is 34.9. The van der Waals surface area contributed by atoms with Gasteiger partial charge < -0.3 is 34.6 Å². The summed E-state index contributed by atoms with van der Waals surface area (Å²) in [4.78, 5) is 0. The molecule has 4 N–H and O–H groups in total. The fourth-order valence-corrected chi connectivity index (χ4v) is 4.84. The van der Waals surface area contributed by atoms with Gasteiger partial charge >= 0.3 is 0 Å². The van der Waals surface area contributed by atoms with Gasteiger partial charge in [0.1, 0.15) is 29.5 Å². The van der Waals surface area contributed by atoms with Gasteiger partial charge in [-0.1, -0.05) is 6.92 Å². The Morgan fingerprint density at radius 2 is 1.33 bits per heavy atom. The van der Waals surface area contributed by atoms with E-state index in [9.17, 15) is 0 Å². The van der Waals surface area contributed by atoms with Crippen molar-refractivity contribution in [2.24, 2.45) is 0 Å². The number of ether oxygens (including phenoxy) is 3. The van der Waals surface area contributed by atoms with E-state index >= 15 is 0 Å². The standard InChI is InChI=1S/C6H12OS.C4H8O4.C4H8O2S2/c1-3-6-7-5(2)4-8-6;2*5-3-1-7-4(6)2-8-3/h5-6H,3-4H2,1-2H3;2*3-6H,1-2H2. The summed E-state index contributed by atoms with van der Waals surface area (Å²) in [5.41, 5.74) is -0.0307. The summed E-state index contributed by atoms with van der Waals surface area (Å²) in [6.45, 7) is 4.40. The van der Waals surface area contributed by atoms with Crippen LogP contribution in [0.25, 0.3) is 0 Å². The lowest BCUT2D eigenvalue weighted by atomic mass is 10.4. The number of thioether (sulfide) groups is 3. The number of hydrogen-bond donors (Lipinski definition) is 4. The van der Waals surface area contributed by atoms with Crippen molar-refractivity contribution in [2.75, 3.05) is 30.5 Å². The smallest absolute Gasteiger partial charge is 0.178 e. The normalized spacial score (nSPS) is 39.2. The van der Waals surface area contributed by atoms with Crippen LogP contribution < -0.4 is 0 Å². The molecule has 0 aromatic heterocycles. The summed E-state index contributed by atoms with van der Waals surface area (Å²) in [5.74, 6) is 2.50. The van der Waals surface area contributed by atoms with Gasteiger partial charge in [0, 0.05) is 17.3 Å². The molecule has 3 rings (SSSR count). The van der Waals surface area contributed by atoms with Crippen LogP contribution in [0.4, 0.5) is 0 Å². The maximum atomic E-state index is 8.86. The van der Waals surface area contributed by atoms with Crippen molar-refractivity contribution in [3.05, 3.63) is 0 Å². The van der Waals surface area contributed by atoms with Gasteiger partial charge in [-0.15, -0.1) is 35.3 Å². The SMILES string of the molecule is CCC1OC(C)CS1.OC1COC(O)CO1.OC1CSC(O)CS1. The third-order valence-corrected chi connectivity index (χ3v) is 6.98. The lowest BCUT2D eigenvalue weighted by Gasteiger charge is -2.22. The Morgan fingerprint density at radius 3 is 1.58 bits per heavy atom. The summed E-state index contributed by atoms with van der Waals surface area (Å²) >= 11 is 4.75. The molecule has 10 heteroatoms. The van der Waals surface area contributed by atoms with E-state index in [-0.39, 0.29) is 24.1 Å².